The lowest BCUT2D eigenvalue weighted by molar-refractivity contribution is -0.119. The number of benzene rings is 3. The largest absolute Gasteiger partial charge is 0.332 e. The van der Waals surface area contributed by atoms with Crippen LogP contribution in [0.15, 0.2) is 54.6 Å². The molecule has 7 heteroatoms. The molecule has 1 aromatic heterocycles. The van der Waals surface area contributed by atoms with Gasteiger partial charge < -0.3 is 10.6 Å². The summed E-state index contributed by atoms with van der Waals surface area (Å²) in [6.45, 7) is 3.74. The lowest BCUT2D eigenvalue weighted by Gasteiger charge is -2.10. The molecule has 0 aliphatic rings. The van der Waals surface area contributed by atoms with E-state index in [-0.39, 0.29) is 11.0 Å². The first-order chi connectivity index (χ1) is 13.5. The number of carbonyl (C=O) groups excluding carboxylic acids is 1. The Balaban J connectivity index is 1.72. The molecule has 0 saturated carbocycles. The van der Waals surface area contributed by atoms with Crippen LogP contribution < -0.4 is 10.6 Å². The monoisotopic (exact) mass is 389 g/mol. The third-order valence-electron chi connectivity index (χ3n) is 4.53. The summed E-state index contributed by atoms with van der Waals surface area (Å²) in [4.78, 5) is 13.2. The number of anilines is 1. The molecule has 6 nitrogen and oxygen atoms in total. The molecule has 2 N–H and O–H groups in total. The number of nitrogens with zero attached hydrogens (tertiary/aromatic N) is 3. The number of hydrogen-bond acceptors (Lipinski definition) is 4. The second kappa shape index (κ2) is 7.36. The summed E-state index contributed by atoms with van der Waals surface area (Å²) in [5.74, 6) is -0.127. The van der Waals surface area contributed by atoms with Gasteiger partial charge >= 0.3 is 0 Å². The molecule has 0 fully saturated rings. The smallest absolute Gasteiger partial charge is 0.225 e. The fourth-order valence-electron chi connectivity index (χ4n) is 3.06. The average molecular weight is 389 g/mol. The van der Waals surface area contributed by atoms with Crippen LogP contribution >= 0.6 is 12.2 Å². The zero-order valence-corrected chi connectivity index (χ0v) is 16.4. The Hall–Kier alpha value is -3.32. The molecule has 4 aromatic rings. The SMILES string of the molecule is CCC(=O)NC(=S)Nc1cc2nn(-c3cccc4ccccc34)nc2cc1C. The van der Waals surface area contributed by atoms with Crippen molar-refractivity contribution in [2.24, 2.45) is 0 Å². The van der Waals surface area contributed by atoms with Gasteiger partial charge in [-0.2, -0.15) is 0 Å². The van der Waals surface area contributed by atoms with Crippen molar-refractivity contribution < 1.29 is 4.79 Å². The molecule has 0 radical (unpaired) electrons. The van der Waals surface area contributed by atoms with Gasteiger partial charge in [0.05, 0.1) is 5.69 Å². The number of nitrogens with one attached hydrogen (secondary N) is 2. The summed E-state index contributed by atoms with van der Waals surface area (Å²) in [6.07, 6.45) is 0.374. The Kier molecular flexibility index (Phi) is 4.75. The van der Waals surface area contributed by atoms with Gasteiger partial charge in [0.15, 0.2) is 5.11 Å². The van der Waals surface area contributed by atoms with Crippen molar-refractivity contribution in [3.8, 4) is 5.69 Å². The van der Waals surface area contributed by atoms with E-state index >= 15 is 0 Å². The van der Waals surface area contributed by atoms with E-state index in [4.69, 9.17) is 12.2 Å². The molecule has 0 bridgehead atoms. The third-order valence-corrected chi connectivity index (χ3v) is 4.73. The van der Waals surface area contributed by atoms with Crippen molar-refractivity contribution in [3.05, 3.63) is 60.2 Å². The maximum absolute atomic E-state index is 11.5. The van der Waals surface area contributed by atoms with Crippen LogP contribution in [0.5, 0.6) is 0 Å². The van der Waals surface area contributed by atoms with Gasteiger partial charge in [0.25, 0.3) is 0 Å². The quantitative estimate of drug-likeness (QED) is 0.516. The lowest BCUT2D eigenvalue weighted by Crippen LogP contribution is -2.33. The Bertz CT molecular complexity index is 1210. The summed E-state index contributed by atoms with van der Waals surface area (Å²) in [5.41, 5.74) is 4.21. The maximum Gasteiger partial charge on any atom is 0.225 e. The van der Waals surface area contributed by atoms with Crippen LogP contribution in [-0.4, -0.2) is 26.0 Å². The van der Waals surface area contributed by atoms with Gasteiger partial charge in [0, 0.05) is 17.5 Å². The van der Waals surface area contributed by atoms with Gasteiger partial charge in [-0.15, -0.1) is 15.0 Å². The number of aromatic nitrogens is 3. The number of thiocarbonyl (C=S) groups is 1. The van der Waals surface area contributed by atoms with E-state index in [0.717, 1.165) is 38.7 Å². The van der Waals surface area contributed by atoms with Crippen LogP contribution in [0.1, 0.15) is 18.9 Å². The second-order valence-corrected chi connectivity index (χ2v) is 6.91. The van der Waals surface area contributed by atoms with Gasteiger partial charge in [0.2, 0.25) is 5.91 Å². The third kappa shape index (κ3) is 3.44. The number of hydrogen-bond donors (Lipinski definition) is 2. The van der Waals surface area contributed by atoms with Gasteiger partial charge in [-0.3, -0.25) is 4.79 Å². The minimum atomic E-state index is -0.127. The van der Waals surface area contributed by atoms with Crippen LogP contribution in [0.2, 0.25) is 0 Å². The van der Waals surface area contributed by atoms with Crippen molar-refractivity contribution >= 4 is 50.7 Å². The number of amides is 1. The summed E-state index contributed by atoms with van der Waals surface area (Å²) in [7, 11) is 0. The van der Waals surface area contributed by atoms with Crippen molar-refractivity contribution in [2.75, 3.05) is 5.32 Å². The minimum Gasteiger partial charge on any atom is -0.332 e. The van der Waals surface area contributed by atoms with Crippen LogP contribution in [0, 0.1) is 6.92 Å². The number of aryl methyl sites for hydroxylation is 1. The van der Waals surface area contributed by atoms with Crippen LogP contribution in [0.3, 0.4) is 0 Å². The maximum atomic E-state index is 11.5. The van der Waals surface area contributed by atoms with E-state index in [0.29, 0.717) is 6.42 Å². The zero-order valence-electron chi connectivity index (χ0n) is 15.6. The van der Waals surface area contributed by atoms with E-state index in [1.807, 2.05) is 43.3 Å². The number of rotatable bonds is 3. The van der Waals surface area contributed by atoms with Crippen LogP contribution in [-0.2, 0) is 4.79 Å². The molecule has 140 valence electrons. The van der Waals surface area contributed by atoms with E-state index in [9.17, 15) is 4.79 Å². The molecule has 0 aliphatic carbocycles. The molecular weight excluding hydrogens is 370 g/mol. The van der Waals surface area contributed by atoms with Gasteiger partial charge in [-0.05, 0) is 48.3 Å². The Labute approximate surface area is 167 Å². The number of carbonyl (C=O) groups is 1. The molecule has 0 spiro atoms. The first-order valence-electron chi connectivity index (χ1n) is 9.02. The molecule has 0 aliphatic heterocycles. The molecular formula is C21H19N5OS. The summed E-state index contributed by atoms with van der Waals surface area (Å²) in [6, 6.07) is 18.1. The highest BCUT2D eigenvalue weighted by Gasteiger charge is 2.11. The highest BCUT2D eigenvalue weighted by Crippen LogP contribution is 2.25. The molecule has 0 atom stereocenters. The predicted molar refractivity (Wildman–Crippen MR) is 116 cm³/mol. The Morgan fingerprint density at radius 2 is 1.79 bits per heavy atom. The normalized spacial score (nSPS) is 10.9. The van der Waals surface area contributed by atoms with Crippen molar-refractivity contribution in [1.29, 1.82) is 0 Å². The molecule has 1 amide bonds. The van der Waals surface area contributed by atoms with Crippen molar-refractivity contribution in [1.82, 2.24) is 20.3 Å². The summed E-state index contributed by atoms with van der Waals surface area (Å²) >= 11 is 5.21. The summed E-state index contributed by atoms with van der Waals surface area (Å²) < 4.78 is 0. The minimum absolute atomic E-state index is 0.127. The molecule has 4 rings (SSSR count). The van der Waals surface area contributed by atoms with E-state index < -0.39 is 0 Å². The highest BCUT2D eigenvalue weighted by atomic mass is 32.1. The fraction of sp³-hybridized carbons (Fsp3) is 0.143. The highest BCUT2D eigenvalue weighted by molar-refractivity contribution is 7.80. The van der Waals surface area contributed by atoms with E-state index in [1.54, 1.807) is 11.7 Å². The molecule has 1 heterocycles. The van der Waals surface area contributed by atoms with E-state index in [1.165, 1.54) is 0 Å². The number of fused-ring (bicyclic) bond motifs is 2. The second-order valence-electron chi connectivity index (χ2n) is 6.50. The Morgan fingerprint density at radius 3 is 2.57 bits per heavy atom. The van der Waals surface area contributed by atoms with Gasteiger partial charge in [-0.25, -0.2) is 0 Å². The standard InChI is InChI=1S/C21H19N5OS/c1-3-20(27)23-21(28)22-16-12-18-17(11-13(16)2)24-26(25-18)19-10-6-8-14-7-4-5-9-15(14)19/h4-12H,3H2,1-2H3,(H2,22,23,27,28). The first kappa shape index (κ1) is 18.1. The predicted octanol–water partition coefficient (Wildman–Crippen LogP) is 4.11. The Morgan fingerprint density at radius 1 is 1.07 bits per heavy atom. The molecule has 0 saturated heterocycles. The lowest BCUT2D eigenvalue weighted by atomic mass is 10.1. The topological polar surface area (TPSA) is 71.8 Å². The molecule has 3 aromatic carbocycles. The first-order valence-corrected chi connectivity index (χ1v) is 9.42. The van der Waals surface area contributed by atoms with Gasteiger partial charge in [0.1, 0.15) is 11.0 Å². The fourth-order valence-corrected chi connectivity index (χ4v) is 3.29. The zero-order chi connectivity index (χ0) is 19.7. The van der Waals surface area contributed by atoms with Crippen molar-refractivity contribution in [3.63, 3.8) is 0 Å². The van der Waals surface area contributed by atoms with Crippen molar-refractivity contribution in [2.45, 2.75) is 20.3 Å². The van der Waals surface area contributed by atoms with Crippen LogP contribution in [0.4, 0.5) is 5.69 Å². The average Bonchev–Trinajstić information content (AvgIpc) is 3.10. The van der Waals surface area contributed by atoms with E-state index in [2.05, 4.69) is 39.0 Å². The van der Waals surface area contributed by atoms with Crippen LogP contribution in [0.25, 0.3) is 27.5 Å². The molecule has 28 heavy (non-hydrogen) atoms. The summed E-state index contributed by atoms with van der Waals surface area (Å²) in [5, 5.41) is 17.5. The molecule has 0 unspecified atom stereocenters. The van der Waals surface area contributed by atoms with Gasteiger partial charge in [-0.1, -0.05) is 43.3 Å².